The SMILES string of the molecule is OCCCCNc1ccccc1F. The highest BCUT2D eigenvalue weighted by Crippen LogP contribution is 2.11. The largest absolute Gasteiger partial charge is 0.396 e. The van der Waals surface area contributed by atoms with Crippen molar-refractivity contribution in [3.63, 3.8) is 0 Å². The van der Waals surface area contributed by atoms with Crippen molar-refractivity contribution in [1.82, 2.24) is 0 Å². The van der Waals surface area contributed by atoms with Gasteiger partial charge in [0.15, 0.2) is 0 Å². The molecule has 0 saturated carbocycles. The molecule has 0 saturated heterocycles. The number of anilines is 1. The van der Waals surface area contributed by atoms with Gasteiger partial charge >= 0.3 is 0 Å². The number of rotatable bonds is 5. The van der Waals surface area contributed by atoms with Crippen molar-refractivity contribution in [2.24, 2.45) is 0 Å². The fraction of sp³-hybridized carbons (Fsp3) is 0.400. The summed E-state index contributed by atoms with van der Waals surface area (Å²) in [4.78, 5) is 0. The average molecular weight is 183 g/mol. The zero-order chi connectivity index (χ0) is 9.52. The molecule has 0 heterocycles. The molecule has 0 radical (unpaired) electrons. The van der Waals surface area contributed by atoms with E-state index in [4.69, 9.17) is 5.11 Å². The fourth-order valence-corrected chi connectivity index (χ4v) is 1.06. The minimum Gasteiger partial charge on any atom is -0.396 e. The van der Waals surface area contributed by atoms with Crippen molar-refractivity contribution in [3.05, 3.63) is 30.1 Å². The first-order valence-electron chi connectivity index (χ1n) is 4.44. The van der Waals surface area contributed by atoms with Gasteiger partial charge in [-0.2, -0.15) is 0 Å². The van der Waals surface area contributed by atoms with Crippen molar-refractivity contribution < 1.29 is 9.50 Å². The molecule has 0 aliphatic rings. The third-order valence-electron chi connectivity index (χ3n) is 1.77. The van der Waals surface area contributed by atoms with Gasteiger partial charge in [-0.3, -0.25) is 0 Å². The number of unbranched alkanes of at least 4 members (excludes halogenated alkanes) is 1. The number of nitrogens with one attached hydrogen (secondary N) is 1. The Balaban J connectivity index is 2.32. The summed E-state index contributed by atoms with van der Waals surface area (Å²) in [5, 5.41) is 11.5. The number of halogens is 1. The molecule has 3 heteroatoms. The molecule has 13 heavy (non-hydrogen) atoms. The van der Waals surface area contributed by atoms with Crippen LogP contribution in [0.25, 0.3) is 0 Å². The molecule has 1 aromatic carbocycles. The topological polar surface area (TPSA) is 32.3 Å². The minimum absolute atomic E-state index is 0.193. The predicted molar refractivity (Wildman–Crippen MR) is 51.2 cm³/mol. The van der Waals surface area contributed by atoms with E-state index in [1.165, 1.54) is 6.07 Å². The predicted octanol–water partition coefficient (Wildman–Crippen LogP) is 2.01. The lowest BCUT2D eigenvalue weighted by molar-refractivity contribution is 0.286. The van der Waals surface area contributed by atoms with Crippen LogP contribution in [0.4, 0.5) is 10.1 Å². The van der Waals surface area contributed by atoms with Gasteiger partial charge in [0.25, 0.3) is 0 Å². The van der Waals surface area contributed by atoms with Crippen LogP contribution in [0.5, 0.6) is 0 Å². The first-order chi connectivity index (χ1) is 6.34. The number of hydrogen-bond donors (Lipinski definition) is 2. The van der Waals surface area contributed by atoms with E-state index in [1.807, 2.05) is 0 Å². The van der Waals surface area contributed by atoms with Gasteiger partial charge in [-0.15, -0.1) is 0 Å². The molecule has 1 aromatic rings. The van der Waals surface area contributed by atoms with Crippen LogP contribution in [0.1, 0.15) is 12.8 Å². The molecule has 0 amide bonds. The van der Waals surface area contributed by atoms with Gasteiger partial charge in [-0.1, -0.05) is 12.1 Å². The summed E-state index contributed by atoms with van der Waals surface area (Å²) in [6.45, 7) is 0.889. The number of hydrogen-bond acceptors (Lipinski definition) is 2. The Bertz CT molecular complexity index is 252. The van der Waals surface area contributed by atoms with Crippen molar-refractivity contribution in [2.45, 2.75) is 12.8 Å². The third kappa shape index (κ3) is 3.42. The standard InChI is InChI=1S/C10H14FNO/c11-9-5-1-2-6-10(9)12-7-3-4-8-13/h1-2,5-6,12-13H,3-4,7-8H2. The highest BCUT2D eigenvalue weighted by molar-refractivity contribution is 5.44. The summed E-state index contributed by atoms with van der Waals surface area (Å²) in [6.07, 6.45) is 1.60. The van der Waals surface area contributed by atoms with Gasteiger partial charge in [-0.25, -0.2) is 4.39 Å². The summed E-state index contributed by atoms with van der Waals surface area (Å²) < 4.78 is 13.0. The second-order valence-corrected chi connectivity index (χ2v) is 2.84. The van der Waals surface area contributed by atoms with Crippen LogP contribution in [0.15, 0.2) is 24.3 Å². The van der Waals surface area contributed by atoms with Crippen LogP contribution in [-0.4, -0.2) is 18.3 Å². The van der Waals surface area contributed by atoms with Crippen molar-refractivity contribution in [3.8, 4) is 0 Å². The van der Waals surface area contributed by atoms with E-state index >= 15 is 0 Å². The van der Waals surface area contributed by atoms with Crippen LogP contribution < -0.4 is 5.32 Å². The van der Waals surface area contributed by atoms with Crippen molar-refractivity contribution >= 4 is 5.69 Å². The number of benzene rings is 1. The smallest absolute Gasteiger partial charge is 0.146 e. The molecule has 0 unspecified atom stereocenters. The lowest BCUT2D eigenvalue weighted by atomic mass is 10.3. The second kappa shape index (κ2) is 5.54. The maximum atomic E-state index is 13.0. The van der Waals surface area contributed by atoms with Gasteiger partial charge in [0.2, 0.25) is 0 Å². The zero-order valence-corrected chi connectivity index (χ0v) is 7.46. The highest BCUT2D eigenvalue weighted by Gasteiger charge is 1.97. The van der Waals surface area contributed by atoms with Gasteiger partial charge in [0.05, 0.1) is 5.69 Å². The van der Waals surface area contributed by atoms with Crippen LogP contribution in [-0.2, 0) is 0 Å². The minimum atomic E-state index is -0.230. The Kier molecular flexibility index (Phi) is 4.26. The average Bonchev–Trinajstić information content (AvgIpc) is 2.15. The monoisotopic (exact) mass is 183 g/mol. The maximum Gasteiger partial charge on any atom is 0.146 e. The van der Waals surface area contributed by atoms with Crippen LogP contribution in [0, 0.1) is 5.82 Å². The van der Waals surface area contributed by atoms with Gasteiger partial charge in [-0.05, 0) is 25.0 Å². The number of para-hydroxylation sites is 1. The summed E-state index contributed by atoms with van der Waals surface area (Å²) in [5.41, 5.74) is 0.528. The Labute approximate surface area is 77.4 Å². The molecule has 0 aliphatic carbocycles. The summed E-state index contributed by atoms with van der Waals surface area (Å²) >= 11 is 0. The molecule has 0 bridgehead atoms. The lowest BCUT2D eigenvalue weighted by Gasteiger charge is -2.05. The summed E-state index contributed by atoms with van der Waals surface area (Å²) in [5.74, 6) is -0.230. The Hall–Kier alpha value is -1.09. The van der Waals surface area contributed by atoms with Gasteiger partial charge < -0.3 is 10.4 Å². The Morgan fingerprint density at radius 3 is 2.69 bits per heavy atom. The molecule has 0 fully saturated rings. The normalized spacial score (nSPS) is 10.0. The Morgan fingerprint density at radius 2 is 2.00 bits per heavy atom. The maximum absolute atomic E-state index is 13.0. The molecular weight excluding hydrogens is 169 g/mol. The summed E-state index contributed by atoms with van der Waals surface area (Å²) in [6, 6.07) is 6.58. The van der Waals surface area contributed by atoms with Crippen molar-refractivity contribution in [1.29, 1.82) is 0 Å². The van der Waals surface area contributed by atoms with Gasteiger partial charge in [0, 0.05) is 13.2 Å². The molecular formula is C10H14FNO. The van der Waals surface area contributed by atoms with E-state index < -0.39 is 0 Å². The quantitative estimate of drug-likeness (QED) is 0.684. The molecule has 72 valence electrons. The first-order valence-corrected chi connectivity index (χ1v) is 4.44. The molecule has 2 nitrogen and oxygen atoms in total. The fourth-order valence-electron chi connectivity index (χ4n) is 1.06. The molecule has 0 spiro atoms. The molecule has 2 N–H and O–H groups in total. The summed E-state index contributed by atoms with van der Waals surface area (Å²) in [7, 11) is 0. The molecule has 0 aliphatic heterocycles. The van der Waals surface area contributed by atoms with E-state index in [0.717, 1.165) is 12.8 Å². The van der Waals surface area contributed by atoms with E-state index in [2.05, 4.69) is 5.32 Å². The molecule has 0 atom stereocenters. The second-order valence-electron chi connectivity index (χ2n) is 2.84. The number of aliphatic hydroxyl groups excluding tert-OH is 1. The number of aliphatic hydroxyl groups is 1. The third-order valence-corrected chi connectivity index (χ3v) is 1.77. The molecule has 1 rings (SSSR count). The molecule has 0 aromatic heterocycles. The zero-order valence-electron chi connectivity index (χ0n) is 7.46. The van der Waals surface area contributed by atoms with Gasteiger partial charge in [0.1, 0.15) is 5.82 Å². The van der Waals surface area contributed by atoms with E-state index in [1.54, 1.807) is 18.2 Å². The van der Waals surface area contributed by atoms with Crippen molar-refractivity contribution in [2.75, 3.05) is 18.5 Å². The van der Waals surface area contributed by atoms with E-state index in [0.29, 0.717) is 12.2 Å². The van der Waals surface area contributed by atoms with E-state index in [-0.39, 0.29) is 12.4 Å². The highest BCUT2D eigenvalue weighted by atomic mass is 19.1. The Morgan fingerprint density at radius 1 is 1.23 bits per heavy atom. The van der Waals surface area contributed by atoms with Crippen LogP contribution in [0.3, 0.4) is 0 Å². The first kappa shape index (κ1) is 9.99. The van der Waals surface area contributed by atoms with Crippen LogP contribution >= 0.6 is 0 Å². The van der Waals surface area contributed by atoms with E-state index in [9.17, 15) is 4.39 Å². The lowest BCUT2D eigenvalue weighted by Crippen LogP contribution is -2.03. The van der Waals surface area contributed by atoms with Crippen LogP contribution in [0.2, 0.25) is 0 Å².